The summed E-state index contributed by atoms with van der Waals surface area (Å²) in [5, 5.41) is 5.03. The molecule has 1 saturated heterocycles. The van der Waals surface area contributed by atoms with E-state index < -0.39 is 23.4 Å². The summed E-state index contributed by atoms with van der Waals surface area (Å²) in [6.07, 6.45) is 0. The fourth-order valence-corrected chi connectivity index (χ4v) is 2.46. The standard InChI is InChI=1S/C13H14BrN3O3/c1-13(8-4-3-5-9(14)6-8)11(19)17(12(20)16-13)7-10(18)15-2/h3-6H,7H2,1-2H3,(H,15,18)(H,16,20). The number of benzene rings is 1. The number of rotatable bonds is 3. The monoisotopic (exact) mass is 339 g/mol. The van der Waals surface area contributed by atoms with Gasteiger partial charge in [0.05, 0.1) is 0 Å². The van der Waals surface area contributed by atoms with E-state index in [4.69, 9.17) is 0 Å². The zero-order chi connectivity index (χ0) is 14.9. The van der Waals surface area contributed by atoms with Crippen molar-refractivity contribution in [1.82, 2.24) is 15.5 Å². The highest BCUT2D eigenvalue weighted by Crippen LogP contribution is 2.30. The number of likely N-dealkylation sites (N-methyl/N-ethyl adjacent to an activating group) is 1. The third-order valence-electron chi connectivity index (χ3n) is 3.26. The van der Waals surface area contributed by atoms with Crippen molar-refractivity contribution in [1.29, 1.82) is 0 Å². The Morgan fingerprint density at radius 1 is 1.45 bits per heavy atom. The van der Waals surface area contributed by atoms with Crippen molar-refractivity contribution in [3.8, 4) is 0 Å². The Labute approximate surface area is 124 Å². The molecule has 2 N–H and O–H groups in total. The number of nitrogens with one attached hydrogen (secondary N) is 2. The molecule has 1 aromatic carbocycles. The van der Waals surface area contributed by atoms with Crippen LogP contribution in [0.4, 0.5) is 4.79 Å². The molecule has 0 spiro atoms. The summed E-state index contributed by atoms with van der Waals surface area (Å²) in [5.41, 5.74) is -0.501. The second-order valence-corrected chi connectivity index (χ2v) is 5.55. The number of halogens is 1. The molecule has 4 amide bonds. The van der Waals surface area contributed by atoms with Crippen molar-refractivity contribution < 1.29 is 14.4 Å². The molecule has 6 nitrogen and oxygen atoms in total. The summed E-state index contributed by atoms with van der Waals surface area (Å²) < 4.78 is 0.808. The minimum Gasteiger partial charge on any atom is -0.358 e. The van der Waals surface area contributed by atoms with Gasteiger partial charge in [-0.15, -0.1) is 0 Å². The summed E-state index contributed by atoms with van der Waals surface area (Å²) in [7, 11) is 1.45. The molecule has 1 heterocycles. The van der Waals surface area contributed by atoms with Crippen molar-refractivity contribution in [3.63, 3.8) is 0 Å². The molecule has 0 aromatic heterocycles. The van der Waals surface area contributed by atoms with Gasteiger partial charge in [-0.25, -0.2) is 4.79 Å². The highest BCUT2D eigenvalue weighted by Gasteiger charge is 2.49. The average molecular weight is 340 g/mol. The second-order valence-electron chi connectivity index (χ2n) is 4.63. The first-order chi connectivity index (χ1) is 9.38. The van der Waals surface area contributed by atoms with E-state index in [1.807, 2.05) is 6.07 Å². The van der Waals surface area contributed by atoms with Gasteiger partial charge >= 0.3 is 6.03 Å². The van der Waals surface area contributed by atoms with Gasteiger partial charge in [-0.3, -0.25) is 14.5 Å². The number of amides is 4. The summed E-state index contributed by atoms with van der Waals surface area (Å²) in [5.74, 6) is -0.837. The van der Waals surface area contributed by atoms with Crippen LogP contribution in [0.1, 0.15) is 12.5 Å². The first-order valence-corrected chi connectivity index (χ1v) is 6.78. The van der Waals surface area contributed by atoms with Crippen molar-refractivity contribution in [2.24, 2.45) is 0 Å². The van der Waals surface area contributed by atoms with Crippen LogP contribution in [0.15, 0.2) is 28.7 Å². The lowest BCUT2D eigenvalue weighted by molar-refractivity contribution is -0.134. The predicted octanol–water partition coefficient (Wildman–Crippen LogP) is 0.962. The second kappa shape index (κ2) is 5.24. The van der Waals surface area contributed by atoms with Crippen molar-refractivity contribution in [2.45, 2.75) is 12.5 Å². The van der Waals surface area contributed by atoms with E-state index in [-0.39, 0.29) is 6.54 Å². The van der Waals surface area contributed by atoms with E-state index in [9.17, 15) is 14.4 Å². The average Bonchev–Trinajstić information content (AvgIpc) is 2.63. The fourth-order valence-electron chi connectivity index (χ4n) is 2.06. The van der Waals surface area contributed by atoms with Gasteiger partial charge in [0, 0.05) is 11.5 Å². The third kappa shape index (κ3) is 2.40. The zero-order valence-electron chi connectivity index (χ0n) is 11.1. The molecule has 2 rings (SSSR count). The fraction of sp³-hybridized carbons (Fsp3) is 0.308. The van der Waals surface area contributed by atoms with Gasteiger partial charge in [0.2, 0.25) is 5.91 Å². The minimum atomic E-state index is -1.16. The van der Waals surface area contributed by atoms with Crippen LogP contribution in [0.2, 0.25) is 0 Å². The number of hydrogen-bond donors (Lipinski definition) is 2. The van der Waals surface area contributed by atoms with E-state index in [1.54, 1.807) is 25.1 Å². The largest absolute Gasteiger partial charge is 0.358 e. The third-order valence-corrected chi connectivity index (χ3v) is 3.75. The molecule has 20 heavy (non-hydrogen) atoms. The Morgan fingerprint density at radius 2 is 2.15 bits per heavy atom. The van der Waals surface area contributed by atoms with Gasteiger partial charge < -0.3 is 10.6 Å². The molecule has 7 heteroatoms. The predicted molar refractivity (Wildman–Crippen MR) is 75.8 cm³/mol. The topological polar surface area (TPSA) is 78.5 Å². The number of urea groups is 1. The molecule has 106 valence electrons. The lowest BCUT2D eigenvalue weighted by Crippen LogP contribution is -2.42. The molecule has 0 bridgehead atoms. The van der Waals surface area contributed by atoms with Crippen LogP contribution in [0.25, 0.3) is 0 Å². The Hall–Kier alpha value is -1.89. The van der Waals surface area contributed by atoms with Crippen molar-refractivity contribution >= 4 is 33.8 Å². The number of carbonyl (C=O) groups excluding carboxylic acids is 3. The quantitative estimate of drug-likeness (QED) is 0.805. The first kappa shape index (κ1) is 14.5. The van der Waals surface area contributed by atoms with Gasteiger partial charge in [0.1, 0.15) is 12.1 Å². The van der Waals surface area contributed by atoms with Gasteiger partial charge in [0.15, 0.2) is 0 Å². The van der Waals surface area contributed by atoms with E-state index in [2.05, 4.69) is 26.6 Å². The lowest BCUT2D eigenvalue weighted by atomic mass is 9.92. The maximum atomic E-state index is 12.4. The Morgan fingerprint density at radius 3 is 2.75 bits per heavy atom. The van der Waals surface area contributed by atoms with Crippen LogP contribution in [0, 0.1) is 0 Å². The molecule has 1 atom stereocenters. The Kier molecular flexibility index (Phi) is 3.80. The smallest absolute Gasteiger partial charge is 0.325 e. The molecule has 0 saturated carbocycles. The molecular formula is C13H14BrN3O3. The van der Waals surface area contributed by atoms with E-state index in [0.29, 0.717) is 5.56 Å². The molecule has 1 aliphatic rings. The summed E-state index contributed by atoms with van der Waals surface area (Å²) in [6, 6.07) is 6.57. The van der Waals surface area contributed by atoms with Gasteiger partial charge in [-0.2, -0.15) is 0 Å². The summed E-state index contributed by atoms with van der Waals surface area (Å²) in [6.45, 7) is 1.34. The maximum absolute atomic E-state index is 12.4. The number of nitrogens with zero attached hydrogens (tertiary/aromatic N) is 1. The minimum absolute atomic E-state index is 0.287. The Bertz CT molecular complexity index is 590. The highest BCUT2D eigenvalue weighted by molar-refractivity contribution is 9.10. The summed E-state index contributed by atoms with van der Waals surface area (Å²) >= 11 is 3.33. The summed E-state index contributed by atoms with van der Waals surface area (Å²) in [4.78, 5) is 36.6. The number of hydrogen-bond acceptors (Lipinski definition) is 3. The van der Waals surface area contributed by atoms with Gasteiger partial charge in [-0.05, 0) is 24.6 Å². The van der Waals surface area contributed by atoms with E-state index in [1.165, 1.54) is 7.05 Å². The molecule has 1 fully saturated rings. The molecule has 0 radical (unpaired) electrons. The van der Waals surface area contributed by atoms with Crippen LogP contribution in [0.5, 0.6) is 0 Å². The van der Waals surface area contributed by atoms with E-state index in [0.717, 1.165) is 9.37 Å². The first-order valence-electron chi connectivity index (χ1n) is 5.99. The maximum Gasteiger partial charge on any atom is 0.325 e. The molecule has 1 aliphatic heterocycles. The van der Waals surface area contributed by atoms with Crippen LogP contribution in [-0.2, 0) is 15.1 Å². The molecular weight excluding hydrogens is 326 g/mol. The van der Waals surface area contributed by atoms with Crippen LogP contribution < -0.4 is 10.6 Å². The SMILES string of the molecule is CNC(=O)CN1C(=O)NC(C)(c2cccc(Br)c2)C1=O. The van der Waals surface area contributed by atoms with Crippen molar-refractivity contribution in [2.75, 3.05) is 13.6 Å². The zero-order valence-corrected chi connectivity index (χ0v) is 12.7. The Balaban J connectivity index is 2.33. The normalized spacial score (nSPS) is 21.9. The number of imide groups is 1. The molecule has 1 aromatic rings. The lowest BCUT2D eigenvalue weighted by Gasteiger charge is -2.22. The van der Waals surface area contributed by atoms with Crippen LogP contribution in [0.3, 0.4) is 0 Å². The number of carbonyl (C=O) groups is 3. The van der Waals surface area contributed by atoms with Crippen molar-refractivity contribution in [3.05, 3.63) is 34.3 Å². The highest BCUT2D eigenvalue weighted by atomic mass is 79.9. The van der Waals surface area contributed by atoms with Gasteiger partial charge in [-0.1, -0.05) is 28.1 Å². The van der Waals surface area contributed by atoms with Gasteiger partial charge in [0.25, 0.3) is 5.91 Å². The van der Waals surface area contributed by atoms with Crippen LogP contribution >= 0.6 is 15.9 Å². The molecule has 1 unspecified atom stereocenters. The van der Waals surface area contributed by atoms with Crippen LogP contribution in [-0.4, -0.2) is 36.3 Å². The van der Waals surface area contributed by atoms with E-state index >= 15 is 0 Å². The molecule has 0 aliphatic carbocycles.